The summed E-state index contributed by atoms with van der Waals surface area (Å²) in [7, 11) is 1.60. The van der Waals surface area contributed by atoms with Crippen molar-refractivity contribution in [2.45, 2.75) is 38.6 Å². The number of rotatable bonds is 8. The average molecular weight is 279 g/mol. The molecule has 0 bridgehead atoms. The molecular weight excluding hydrogens is 258 g/mol. The molecule has 0 aliphatic heterocycles. The predicted molar refractivity (Wildman–Crippen MR) is 75.7 cm³/mol. The van der Waals surface area contributed by atoms with Crippen LogP contribution in [0.25, 0.3) is 0 Å². The molecule has 0 saturated heterocycles. The summed E-state index contributed by atoms with van der Waals surface area (Å²) in [5.74, 6) is -0.133. The van der Waals surface area contributed by atoms with E-state index in [1.54, 1.807) is 7.11 Å². The Morgan fingerprint density at radius 1 is 1.30 bits per heavy atom. The molecule has 1 atom stereocenters. The monoisotopic (exact) mass is 279 g/mol. The molecule has 0 aliphatic carbocycles. The van der Waals surface area contributed by atoms with Gasteiger partial charge in [-0.05, 0) is 37.5 Å². The number of hydrogen-bond donors (Lipinski definition) is 2. The second-order valence-electron chi connectivity index (χ2n) is 4.67. The predicted octanol–water partition coefficient (Wildman–Crippen LogP) is 2.52. The number of amides is 1. The van der Waals surface area contributed by atoms with Crippen molar-refractivity contribution in [1.29, 1.82) is 0 Å². The van der Waals surface area contributed by atoms with Gasteiger partial charge in [0.2, 0.25) is 5.91 Å². The van der Waals surface area contributed by atoms with E-state index in [1.165, 1.54) is 0 Å². The Hall–Kier alpha value is -2.04. The third-order valence-corrected chi connectivity index (χ3v) is 3.02. The second-order valence-corrected chi connectivity index (χ2v) is 4.67. The minimum atomic E-state index is -0.824. The lowest BCUT2D eigenvalue weighted by molar-refractivity contribution is -0.137. The van der Waals surface area contributed by atoms with Gasteiger partial charge in [0.05, 0.1) is 13.2 Å². The van der Waals surface area contributed by atoms with Gasteiger partial charge in [-0.15, -0.1) is 0 Å². The molecule has 5 nitrogen and oxygen atoms in total. The van der Waals surface area contributed by atoms with Crippen LogP contribution in [-0.4, -0.2) is 24.1 Å². The summed E-state index contributed by atoms with van der Waals surface area (Å²) in [6.07, 6.45) is 1.57. The highest BCUT2D eigenvalue weighted by atomic mass is 16.5. The number of hydrogen-bond acceptors (Lipinski definition) is 3. The van der Waals surface area contributed by atoms with Crippen LogP contribution in [0.3, 0.4) is 0 Å². The Kier molecular flexibility index (Phi) is 6.56. The summed E-state index contributed by atoms with van der Waals surface area (Å²) >= 11 is 0. The number of nitrogens with one attached hydrogen (secondary N) is 1. The fourth-order valence-corrected chi connectivity index (χ4v) is 1.87. The summed E-state index contributed by atoms with van der Waals surface area (Å²) in [5.41, 5.74) is 0.975. The number of ether oxygens (including phenoxy) is 1. The van der Waals surface area contributed by atoms with Crippen molar-refractivity contribution in [3.8, 4) is 5.75 Å². The Bertz CT molecular complexity index is 459. The standard InChI is InChI=1S/C15H21NO4/c1-11(12-6-5-7-13(10-12)20-2)16-14(17)8-3-4-9-15(18)19/h5-7,10-11H,3-4,8-9H2,1-2H3,(H,16,17)(H,18,19). The van der Waals surface area contributed by atoms with E-state index in [4.69, 9.17) is 9.84 Å². The molecule has 2 N–H and O–H groups in total. The van der Waals surface area contributed by atoms with E-state index in [9.17, 15) is 9.59 Å². The molecule has 5 heteroatoms. The maximum absolute atomic E-state index is 11.7. The molecule has 1 rings (SSSR count). The average Bonchev–Trinajstić information content (AvgIpc) is 2.43. The maximum atomic E-state index is 11.7. The number of unbranched alkanes of at least 4 members (excludes halogenated alkanes) is 1. The summed E-state index contributed by atoms with van der Waals surface area (Å²) < 4.78 is 5.14. The Morgan fingerprint density at radius 2 is 2.00 bits per heavy atom. The van der Waals surface area contributed by atoms with E-state index in [0.717, 1.165) is 11.3 Å². The SMILES string of the molecule is COc1cccc(C(C)NC(=O)CCCCC(=O)O)c1. The highest BCUT2D eigenvalue weighted by Crippen LogP contribution is 2.18. The smallest absolute Gasteiger partial charge is 0.303 e. The van der Waals surface area contributed by atoms with Gasteiger partial charge in [0.25, 0.3) is 0 Å². The first-order chi connectivity index (χ1) is 9.52. The largest absolute Gasteiger partial charge is 0.497 e. The molecular formula is C15H21NO4. The van der Waals surface area contributed by atoms with Gasteiger partial charge in [-0.1, -0.05) is 12.1 Å². The van der Waals surface area contributed by atoms with Crippen molar-refractivity contribution in [3.05, 3.63) is 29.8 Å². The molecule has 0 fully saturated rings. The van der Waals surface area contributed by atoms with Crippen molar-refractivity contribution in [3.63, 3.8) is 0 Å². The van der Waals surface area contributed by atoms with E-state index in [2.05, 4.69) is 5.32 Å². The van der Waals surface area contributed by atoms with Crippen LogP contribution in [0.5, 0.6) is 5.75 Å². The minimum Gasteiger partial charge on any atom is -0.497 e. The molecule has 0 aliphatic rings. The quantitative estimate of drug-likeness (QED) is 0.717. The van der Waals surface area contributed by atoms with Crippen LogP contribution in [0.1, 0.15) is 44.2 Å². The van der Waals surface area contributed by atoms with Crippen molar-refractivity contribution < 1.29 is 19.4 Å². The van der Waals surface area contributed by atoms with Crippen LogP contribution < -0.4 is 10.1 Å². The summed E-state index contributed by atoms with van der Waals surface area (Å²) in [6.45, 7) is 1.91. The lowest BCUT2D eigenvalue weighted by atomic mass is 10.1. The van der Waals surface area contributed by atoms with E-state index >= 15 is 0 Å². The Labute approximate surface area is 118 Å². The lowest BCUT2D eigenvalue weighted by Gasteiger charge is -2.15. The number of carbonyl (C=O) groups excluding carboxylic acids is 1. The fourth-order valence-electron chi connectivity index (χ4n) is 1.87. The fraction of sp³-hybridized carbons (Fsp3) is 0.467. The van der Waals surface area contributed by atoms with Crippen LogP contribution in [0.2, 0.25) is 0 Å². The summed E-state index contributed by atoms with van der Waals surface area (Å²) in [6, 6.07) is 7.44. The molecule has 20 heavy (non-hydrogen) atoms. The molecule has 110 valence electrons. The first-order valence-corrected chi connectivity index (χ1v) is 6.68. The number of carboxylic acids is 1. The molecule has 0 heterocycles. The zero-order valence-electron chi connectivity index (χ0n) is 11.9. The van der Waals surface area contributed by atoms with Crippen LogP contribution in [0.15, 0.2) is 24.3 Å². The highest BCUT2D eigenvalue weighted by molar-refractivity contribution is 5.76. The van der Waals surface area contributed by atoms with Crippen LogP contribution in [0.4, 0.5) is 0 Å². The van der Waals surface area contributed by atoms with Gasteiger partial charge in [0.1, 0.15) is 5.75 Å². The molecule has 1 amide bonds. The van der Waals surface area contributed by atoms with Gasteiger partial charge in [-0.3, -0.25) is 9.59 Å². The zero-order valence-corrected chi connectivity index (χ0v) is 11.9. The Morgan fingerprint density at radius 3 is 2.65 bits per heavy atom. The Balaban J connectivity index is 2.38. The van der Waals surface area contributed by atoms with Crippen LogP contribution in [-0.2, 0) is 9.59 Å². The lowest BCUT2D eigenvalue weighted by Crippen LogP contribution is -2.26. The third kappa shape index (κ3) is 5.73. The molecule has 1 unspecified atom stereocenters. The van der Waals surface area contributed by atoms with Crippen LogP contribution in [0, 0.1) is 0 Å². The molecule has 1 aromatic carbocycles. The van der Waals surface area contributed by atoms with Crippen molar-refractivity contribution in [2.24, 2.45) is 0 Å². The number of carboxylic acid groups (broad SMARTS) is 1. The van der Waals surface area contributed by atoms with Gasteiger partial charge in [-0.2, -0.15) is 0 Å². The topological polar surface area (TPSA) is 75.6 Å². The van der Waals surface area contributed by atoms with Crippen molar-refractivity contribution >= 4 is 11.9 Å². The van der Waals surface area contributed by atoms with Crippen molar-refractivity contribution in [2.75, 3.05) is 7.11 Å². The van der Waals surface area contributed by atoms with Crippen molar-refractivity contribution in [1.82, 2.24) is 5.32 Å². The van der Waals surface area contributed by atoms with Gasteiger partial charge in [-0.25, -0.2) is 0 Å². The summed E-state index contributed by atoms with van der Waals surface area (Å²) in [4.78, 5) is 22.1. The molecule has 0 saturated carbocycles. The number of methoxy groups -OCH3 is 1. The molecule has 0 spiro atoms. The van der Waals surface area contributed by atoms with Crippen LogP contribution >= 0.6 is 0 Å². The van der Waals surface area contributed by atoms with E-state index < -0.39 is 5.97 Å². The number of aliphatic carboxylic acids is 1. The summed E-state index contributed by atoms with van der Waals surface area (Å²) in [5, 5.41) is 11.4. The first kappa shape index (κ1) is 16.0. The zero-order chi connectivity index (χ0) is 15.0. The molecule has 1 aromatic rings. The second kappa shape index (κ2) is 8.19. The van der Waals surface area contributed by atoms with Gasteiger partial charge in [0, 0.05) is 12.8 Å². The van der Waals surface area contributed by atoms with E-state index in [1.807, 2.05) is 31.2 Å². The van der Waals surface area contributed by atoms with E-state index in [0.29, 0.717) is 19.3 Å². The van der Waals surface area contributed by atoms with Gasteiger partial charge in [0.15, 0.2) is 0 Å². The van der Waals surface area contributed by atoms with E-state index in [-0.39, 0.29) is 18.4 Å². The van der Waals surface area contributed by atoms with Gasteiger partial charge < -0.3 is 15.2 Å². The van der Waals surface area contributed by atoms with Gasteiger partial charge >= 0.3 is 5.97 Å². The highest BCUT2D eigenvalue weighted by Gasteiger charge is 2.10. The molecule has 0 aromatic heterocycles. The molecule has 0 radical (unpaired) electrons. The number of carbonyl (C=O) groups is 2. The number of benzene rings is 1. The minimum absolute atomic E-state index is 0.0642. The first-order valence-electron chi connectivity index (χ1n) is 6.68. The normalized spacial score (nSPS) is 11.7. The maximum Gasteiger partial charge on any atom is 0.303 e. The third-order valence-electron chi connectivity index (χ3n) is 3.02.